The molecule has 0 radical (unpaired) electrons. The van der Waals surface area contributed by atoms with Gasteiger partial charge in [0.1, 0.15) is 11.5 Å². The second kappa shape index (κ2) is 8.73. The van der Waals surface area contributed by atoms with Crippen LogP contribution in [0.15, 0.2) is 54.6 Å². The van der Waals surface area contributed by atoms with E-state index < -0.39 is 5.97 Å². The van der Waals surface area contributed by atoms with Gasteiger partial charge in [0.15, 0.2) is 0 Å². The predicted octanol–water partition coefficient (Wildman–Crippen LogP) is 3.66. The molecule has 0 bridgehead atoms. The van der Waals surface area contributed by atoms with Crippen LogP contribution in [-0.2, 0) is 4.79 Å². The molecule has 6 heteroatoms. The summed E-state index contributed by atoms with van der Waals surface area (Å²) in [5.74, 6) is 0.547. The summed E-state index contributed by atoms with van der Waals surface area (Å²) < 4.78 is 5.74. The lowest BCUT2D eigenvalue weighted by Gasteiger charge is -2.21. The molecule has 0 spiro atoms. The topological polar surface area (TPSA) is 78.9 Å². The van der Waals surface area contributed by atoms with Crippen LogP contribution in [0.1, 0.15) is 24.9 Å². The average Bonchev–Trinajstić information content (AvgIpc) is 2.61. The third-order valence-electron chi connectivity index (χ3n) is 3.71. The summed E-state index contributed by atoms with van der Waals surface area (Å²) in [4.78, 5) is 24.0. The van der Waals surface area contributed by atoms with Crippen LogP contribution in [0.2, 0.25) is 0 Å². The van der Waals surface area contributed by atoms with Gasteiger partial charge in [0.25, 0.3) is 0 Å². The number of rotatable bonds is 7. The Kier molecular flexibility index (Phi) is 6.39. The number of amides is 2. The van der Waals surface area contributed by atoms with Gasteiger partial charge in [-0.2, -0.15) is 0 Å². The standard InChI is InChI=1S/C19H22N2O4/c1-14(20-19(24)21(2)13-12-18(22)23)15-8-10-17(11-9-15)25-16-6-4-3-5-7-16/h3-11,14H,12-13H2,1-2H3,(H,20,24)(H,22,23). The van der Waals surface area contributed by atoms with E-state index in [1.807, 2.05) is 61.5 Å². The van der Waals surface area contributed by atoms with Crippen molar-refractivity contribution in [2.24, 2.45) is 0 Å². The van der Waals surface area contributed by atoms with Crippen molar-refractivity contribution in [1.82, 2.24) is 10.2 Å². The van der Waals surface area contributed by atoms with E-state index in [1.165, 1.54) is 4.90 Å². The fourth-order valence-corrected chi connectivity index (χ4v) is 2.19. The Morgan fingerprint density at radius 1 is 1.08 bits per heavy atom. The lowest BCUT2D eigenvalue weighted by atomic mass is 10.1. The lowest BCUT2D eigenvalue weighted by Crippen LogP contribution is -2.39. The van der Waals surface area contributed by atoms with Gasteiger partial charge in [-0.05, 0) is 36.8 Å². The number of urea groups is 1. The fourth-order valence-electron chi connectivity index (χ4n) is 2.19. The predicted molar refractivity (Wildman–Crippen MR) is 94.8 cm³/mol. The first-order chi connectivity index (χ1) is 12.0. The molecule has 0 aliphatic heterocycles. The highest BCUT2D eigenvalue weighted by Crippen LogP contribution is 2.23. The zero-order chi connectivity index (χ0) is 18.2. The Hall–Kier alpha value is -3.02. The SMILES string of the molecule is CC(NC(=O)N(C)CCC(=O)O)c1ccc(Oc2ccccc2)cc1. The molecule has 0 aliphatic rings. The quantitative estimate of drug-likeness (QED) is 0.805. The average molecular weight is 342 g/mol. The largest absolute Gasteiger partial charge is 0.481 e. The van der Waals surface area contributed by atoms with Gasteiger partial charge in [-0.1, -0.05) is 30.3 Å². The summed E-state index contributed by atoms with van der Waals surface area (Å²) in [6, 6.07) is 16.5. The molecule has 2 rings (SSSR count). The van der Waals surface area contributed by atoms with E-state index in [9.17, 15) is 9.59 Å². The molecule has 2 amide bonds. The first-order valence-corrected chi connectivity index (χ1v) is 8.02. The molecule has 2 aromatic rings. The molecule has 0 aliphatic carbocycles. The van der Waals surface area contributed by atoms with E-state index >= 15 is 0 Å². The van der Waals surface area contributed by atoms with E-state index in [4.69, 9.17) is 9.84 Å². The van der Waals surface area contributed by atoms with Crippen LogP contribution in [0.4, 0.5) is 4.79 Å². The zero-order valence-corrected chi connectivity index (χ0v) is 14.3. The fraction of sp³-hybridized carbons (Fsp3) is 0.263. The van der Waals surface area contributed by atoms with E-state index in [0.717, 1.165) is 11.3 Å². The third kappa shape index (κ3) is 5.84. The van der Waals surface area contributed by atoms with E-state index in [2.05, 4.69) is 5.32 Å². The number of hydrogen-bond donors (Lipinski definition) is 2. The van der Waals surface area contributed by atoms with Gasteiger partial charge in [0.2, 0.25) is 0 Å². The number of carboxylic acids is 1. The number of benzene rings is 2. The Bertz CT molecular complexity index is 701. The number of hydrogen-bond acceptors (Lipinski definition) is 3. The summed E-state index contributed by atoms with van der Waals surface area (Å²) in [6.45, 7) is 2.04. The van der Waals surface area contributed by atoms with Gasteiger partial charge < -0.3 is 20.1 Å². The monoisotopic (exact) mass is 342 g/mol. The number of carboxylic acid groups (broad SMARTS) is 1. The van der Waals surface area contributed by atoms with E-state index in [-0.39, 0.29) is 25.0 Å². The number of carbonyl (C=O) groups is 2. The molecule has 6 nitrogen and oxygen atoms in total. The number of para-hydroxylation sites is 1. The molecule has 0 saturated heterocycles. The Labute approximate surface area is 147 Å². The molecule has 0 fully saturated rings. The molecule has 0 heterocycles. The summed E-state index contributed by atoms with van der Waals surface area (Å²) in [6.07, 6.45) is -0.0795. The lowest BCUT2D eigenvalue weighted by molar-refractivity contribution is -0.137. The van der Waals surface area contributed by atoms with Gasteiger partial charge in [-0.15, -0.1) is 0 Å². The molecule has 1 atom stereocenters. The Balaban J connectivity index is 1.90. The Morgan fingerprint density at radius 2 is 1.68 bits per heavy atom. The maximum absolute atomic E-state index is 12.0. The number of aliphatic carboxylic acids is 1. The second-order valence-corrected chi connectivity index (χ2v) is 5.72. The van der Waals surface area contributed by atoms with Gasteiger partial charge >= 0.3 is 12.0 Å². The van der Waals surface area contributed by atoms with Crippen molar-refractivity contribution in [2.75, 3.05) is 13.6 Å². The highest BCUT2D eigenvalue weighted by Gasteiger charge is 2.14. The van der Waals surface area contributed by atoms with E-state index in [1.54, 1.807) is 7.05 Å². The second-order valence-electron chi connectivity index (χ2n) is 5.72. The highest BCUT2D eigenvalue weighted by molar-refractivity contribution is 5.75. The zero-order valence-electron chi connectivity index (χ0n) is 14.3. The molecule has 2 N–H and O–H groups in total. The molecule has 1 unspecified atom stereocenters. The minimum atomic E-state index is -0.929. The molecule has 0 saturated carbocycles. The van der Waals surface area contributed by atoms with Crippen LogP contribution in [0.25, 0.3) is 0 Å². The van der Waals surface area contributed by atoms with Gasteiger partial charge in [-0.3, -0.25) is 4.79 Å². The highest BCUT2D eigenvalue weighted by atomic mass is 16.5. The van der Waals surface area contributed by atoms with Crippen molar-refractivity contribution in [2.45, 2.75) is 19.4 Å². The molecule has 132 valence electrons. The normalized spacial score (nSPS) is 11.4. The van der Waals surface area contributed by atoms with Crippen molar-refractivity contribution in [3.8, 4) is 11.5 Å². The molecular weight excluding hydrogens is 320 g/mol. The van der Waals surface area contributed by atoms with Crippen LogP contribution in [0, 0.1) is 0 Å². The number of ether oxygens (including phenoxy) is 1. The molecule has 0 aromatic heterocycles. The maximum atomic E-state index is 12.0. The van der Waals surface area contributed by atoms with Gasteiger partial charge in [-0.25, -0.2) is 4.79 Å². The van der Waals surface area contributed by atoms with Gasteiger partial charge in [0.05, 0.1) is 12.5 Å². The minimum Gasteiger partial charge on any atom is -0.481 e. The summed E-state index contributed by atoms with van der Waals surface area (Å²) >= 11 is 0. The maximum Gasteiger partial charge on any atom is 0.317 e. The van der Waals surface area contributed by atoms with Crippen LogP contribution in [0.3, 0.4) is 0 Å². The van der Waals surface area contributed by atoms with Crippen LogP contribution in [0.5, 0.6) is 11.5 Å². The smallest absolute Gasteiger partial charge is 0.317 e. The molecule has 2 aromatic carbocycles. The van der Waals surface area contributed by atoms with Crippen LogP contribution < -0.4 is 10.1 Å². The number of nitrogens with one attached hydrogen (secondary N) is 1. The summed E-state index contributed by atoms with van der Waals surface area (Å²) in [5, 5.41) is 11.5. The Morgan fingerprint density at radius 3 is 2.28 bits per heavy atom. The molecular formula is C19H22N2O4. The van der Waals surface area contributed by atoms with Crippen LogP contribution >= 0.6 is 0 Å². The first kappa shape index (κ1) is 18.3. The van der Waals surface area contributed by atoms with E-state index in [0.29, 0.717) is 5.75 Å². The number of nitrogens with zero attached hydrogens (tertiary/aromatic N) is 1. The summed E-state index contributed by atoms with van der Waals surface area (Å²) in [5.41, 5.74) is 0.931. The van der Waals surface area contributed by atoms with Crippen LogP contribution in [-0.4, -0.2) is 35.6 Å². The summed E-state index contributed by atoms with van der Waals surface area (Å²) in [7, 11) is 1.57. The van der Waals surface area contributed by atoms with Crippen molar-refractivity contribution in [1.29, 1.82) is 0 Å². The molecule has 25 heavy (non-hydrogen) atoms. The van der Waals surface area contributed by atoms with Crippen molar-refractivity contribution < 1.29 is 19.4 Å². The minimum absolute atomic E-state index is 0.0795. The van der Waals surface area contributed by atoms with Gasteiger partial charge in [0, 0.05) is 13.6 Å². The van der Waals surface area contributed by atoms with Crippen molar-refractivity contribution >= 4 is 12.0 Å². The number of carbonyl (C=O) groups excluding carboxylic acids is 1. The third-order valence-corrected chi connectivity index (χ3v) is 3.71. The van der Waals surface area contributed by atoms with Crippen molar-refractivity contribution in [3.05, 3.63) is 60.2 Å². The first-order valence-electron chi connectivity index (χ1n) is 8.02. The van der Waals surface area contributed by atoms with Crippen molar-refractivity contribution in [3.63, 3.8) is 0 Å².